The normalized spacial score (nSPS) is 14.2. The third-order valence-electron chi connectivity index (χ3n) is 2.71. The SMILES string of the molecule is CC(C)CC[C@H](O)[C@H](N)c1ccc(I)cc1.Cl. The number of aliphatic hydroxyl groups is 1. The lowest BCUT2D eigenvalue weighted by Gasteiger charge is -2.20. The summed E-state index contributed by atoms with van der Waals surface area (Å²) in [5.74, 6) is 0.610. The number of nitrogens with two attached hydrogens (primary N) is 1. The summed E-state index contributed by atoms with van der Waals surface area (Å²) in [5.41, 5.74) is 7.03. The van der Waals surface area contributed by atoms with Crippen molar-refractivity contribution >= 4 is 35.0 Å². The van der Waals surface area contributed by atoms with Crippen LogP contribution in [-0.4, -0.2) is 11.2 Å². The average Bonchev–Trinajstić information content (AvgIpc) is 2.26. The Morgan fingerprint density at radius 1 is 1.18 bits per heavy atom. The van der Waals surface area contributed by atoms with E-state index < -0.39 is 6.10 Å². The van der Waals surface area contributed by atoms with Crippen molar-refractivity contribution in [2.45, 2.75) is 38.8 Å². The van der Waals surface area contributed by atoms with Crippen LogP contribution in [0.1, 0.15) is 38.3 Å². The number of hydrogen-bond acceptors (Lipinski definition) is 2. The molecule has 0 aliphatic rings. The first kappa shape index (κ1) is 17.2. The highest BCUT2D eigenvalue weighted by molar-refractivity contribution is 14.1. The molecular weight excluding hydrogens is 349 g/mol. The lowest BCUT2D eigenvalue weighted by atomic mass is 9.96. The number of benzene rings is 1. The molecule has 0 unspecified atom stereocenters. The second kappa shape index (κ2) is 8.29. The Bertz CT molecular complexity index is 316. The summed E-state index contributed by atoms with van der Waals surface area (Å²) in [6, 6.07) is 7.75. The van der Waals surface area contributed by atoms with Crippen molar-refractivity contribution in [1.82, 2.24) is 0 Å². The fraction of sp³-hybridized carbons (Fsp3) is 0.538. The highest BCUT2D eigenvalue weighted by atomic mass is 127. The van der Waals surface area contributed by atoms with Crippen LogP contribution >= 0.6 is 35.0 Å². The number of halogens is 2. The van der Waals surface area contributed by atoms with Gasteiger partial charge in [-0.25, -0.2) is 0 Å². The predicted octanol–water partition coefficient (Wildman–Crippen LogP) is 3.51. The minimum Gasteiger partial charge on any atom is -0.391 e. The van der Waals surface area contributed by atoms with Crippen LogP contribution in [-0.2, 0) is 0 Å². The third kappa shape index (κ3) is 6.04. The van der Waals surface area contributed by atoms with Crippen molar-refractivity contribution in [3.63, 3.8) is 0 Å². The van der Waals surface area contributed by atoms with Gasteiger partial charge in [0, 0.05) is 3.57 Å². The van der Waals surface area contributed by atoms with E-state index >= 15 is 0 Å². The van der Waals surface area contributed by atoms with E-state index in [4.69, 9.17) is 5.73 Å². The molecule has 0 aliphatic heterocycles. The molecule has 3 N–H and O–H groups in total. The van der Waals surface area contributed by atoms with Gasteiger partial charge in [0.1, 0.15) is 0 Å². The Morgan fingerprint density at radius 3 is 2.18 bits per heavy atom. The van der Waals surface area contributed by atoms with Gasteiger partial charge in [-0.3, -0.25) is 0 Å². The summed E-state index contributed by atoms with van der Waals surface area (Å²) in [6.45, 7) is 4.31. The molecule has 0 aliphatic carbocycles. The molecule has 0 saturated heterocycles. The molecular formula is C13H21ClINO. The first-order chi connectivity index (χ1) is 7.50. The summed E-state index contributed by atoms with van der Waals surface area (Å²) in [6.07, 6.45) is 1.34. The van der Waals surface area contributed by atoms with Crippen LogP contribution in [0.5, 0.6) is 0 Å². The second-order valence-corrected chi connectivity index (χ2v) is 5.86. The smallest absolute Gasteiger partial charge is 0.0732 e. The number of aliphatic hydroxyl groups excluding tert-OH is 1. The molecule has 1 rings (SSSR count). The number of rotatable bonds is 5. The zero-order valence-corrected chi connectivity index (χ0v) is 13.2. The van der Waals surface area contributed by atoms with Gasteiger partial charge >= 0.3 is 0 Å². The van der Waals surface area contributed by atoms with Gasteiger partial charge in [0.05, 0.1) is 12.1 Å². The van der Waals surface area contributed by atoms with Gasteiger partial charge in [-0.1, -0.05) is 26.0 Å². The minimum atomic E-state index is -0.442. The van der Waals surface area contributed by atoms with E-state index in [1.807, 2.05) is 24.3 Å². The van der Waals surface area contributed by atoms with E-state index in [1.165, 1.54) is 3.57 Å². The van der Waals surface area contributed by atoms with E-state index in [0.29, 0.717) is 5.92 Å². The fourth-order valence-corrected chi connectivity index (χ4v) is 1.95. The fourth-order valence-electron chi connectivity index (χ4n) is 1.59. The molecule has 0 amide bonds. The van der Waals surface area contributed by atoms with Crippen molar-refractivity contribution in [3.8, 4) is 0 Å². The zero-order valence-electron chi connectivity index (χ0n) is 10.3. The maximum Gasteiger partial charge on any atom is 0.0732 e. The molecule has 0 fully saturated rings. The van der Waals surface area contributed by atoms with E-state index in [-0.39, 0.29) is 18.4 Å². The summed E-state index contributed by atoms with van der Waals surface area (Å²) in [5, 5.41) is 9.96. The molecule has 2 nitrogen and oxygen atoms in total. The van der Waals surface area contributed by atoms with Crippen LogP contribution in [0, 0.1) is 9.49 Å². The molecule has 98 valence electrons. The van der Waals surface area contributed by atoms with Gasteiger partial charge in [-0.05, 0) is 59.0 Å². The molecule has 4 heteroatoms. The Labute approximate surface area is 124 Å². The standard InChI is InChI=1S/C13H20INO.ClH/c1-9(2)3-8-12(16)13(15)10-4-6-11(14)7-5-10;/h4-7,9,12-13,16H,3,8,15H2,1-2H3;1H/t12-,13+;/m0./s1. The van der Waals surface area contributed by atoms with Crippen LogP contribution < -0.4 is 5.73 Å². The molecule has 0 aromatic heterocycles. The molecule has 0 bridgehead atoms. The summed E-state index contributed by atoms with van der Waals surface area (Å²) < 4.78 is 1.19. The van der Waals surface area contributed by atoms with E-state index in [1.54, 1.807) is 0 Å². The highest BCUT2D eigenvalue weighted by Gasteiger charge is 2.16. The Hall–Kier alpha value is 0.160. The van der Waals surface area contributed by atoms with Gasteiger partial charge in [0.15, 0.2) is 0 Å². The Morgan fingerprint density at radius 2 is 1.71 bits per heavy atom. The lowest BCUT2D eigenvalue weighted by Crippen LogP contribution is -2.26. The van der Waals surface area contributed by atoms with Crippen molar-refractivity contribution in [3.05, 3.63) is 33.4 Å². The van der Waals surface area contributed by atoms with Crippen LogP contribution in [0.4, 0.5) is 0 Å². The van der Waals surface area contributed by atoms with E-state index in [0.717, 1.165) is 18.4 Å². The number of hydrogen-bond donors (Lipinski definition) is 2. The maximum atomic E-state index is 9.96. The van der Waals surface area contributed by atoms with Crippen LogP contribution in [0.15, 0.2) is 24.3 Å². The van der Waals surface area contributed by atoms with Crippen LogP contribution in [0.2, 0.25) is 0 Å². The Kier molecular flexibility index (Phi) is 8.37. The first-order valence-corrected chi connectivity index (χ1v) is 6.77. The predicted molar refractivity (Wildman–Crippen MR) is 83.4 cm³/mol. The monoisotopic (exact) mass is 369 g/mol. The minimum absolute atomic E-state index is 0. The molecule has 0 heterocycles. The highest BCUT2D eigenvalue weighted by Crippen LogP contribution is 2.20. The van der Waals surface area contributed by atoms with E-state index in [2.05, 4.69) is 36.4 Å². The van der Waals surface area contributed by atoms with Gasteiger partial charge in [0.25, 0.3) is 0 Å². The van der Waals surface area contributed by atoms with Crippen LogP contribution in [0.25, 0.3) is 0 Å². The van der Waals surface area contributed by atoms with Crippen LogP contribution in [0.3, 0.4) is 0 Å². The Balaban J connectivity index is 0.00000256. The summed E-state index contributed by atoms with van der Waals surface area (Å²) in [7, 11) is 0. The molecule has 2 atom stereocenters. The van der Waals surface area contributed by atoms with Crippen molar-refractivity contribution in [1.29, 1.82) is 0 Å². The largest absolute Gasteiger partial charge is 0.391 e. The summed E-state index contributed by atoms with van der Waals surface area (Å²) in [4.78, 5) is 0. The van der Waals surface area contributed by atoms with Crippen molar-refractivity contribution in [2.75, 3.05) is 0 Å². The second-order valence-electron chi connectivity index (χ2n) is 4.62. The zero-order chi connectivity index (χ0) is 12.1. The van der Waals surface area contributed by atoms with E-state index in [9.17, 15) is 5.11 Å². The molecule has 0 spiro atoms. The third-order valence-corrected chi connectivity index (χ3v) is 3.43. The lowest BCUT2D eigenvalue weighted by molar-refractivity contribution is 0.128. The molecule has 1 aromatic rings. The summed E-state index contributed by atoms with van der Waals surface area (Å²) >= 11 is 2.26. The molecule has 17 heavy (non-hydrogen) atoms. The molecule has 1 aromatic carbocycles. The molecule has 0 radical (unpaired) electrons. The van der Waals surface area contributed by atoms with Gasteiger partial charge < -0.3 is 10.8 Å². The quantitative estimate of drug-likeness (QED) is 0.780. The van der Waals surface area contributed by atoms with Gasteiger partial charge in [-0.15, -0.1) is 12.4 Å². The van der Waals surface area contributed by atoms with Gasteiger partial charge in [-0.2, -0.15) is 0 Å². The van der Waals surface area contributed by atoms with Gasteiger partial charge in [0.2, 0.25) is 0 Å². The average molecular weight is 370 g/mol. The first-order valence-electron chi connectivity index (χ1n) is 5.70. The van der Waals surface area contributed by atoms with Crippen molar-refractivity contribution in [2.24, 2.45) is 11.7 Å². The molecule has 0 saturated carbocycles. The maximum absolute atomic E-state index is 9.96. The van der Waals surface area contributed by atoms with Crippen molar-refractivity contribution < 1.29 is 5.11 Å². The topological polar surface area (TPSA) is 46.2 Å².